The third kappa shape index (κ3) is 4.29. The minimum absolute atomic E-state index is 0.139. The Hall–Kier alpha value is -1.10. The average molecular weight is 257 g/mol. The van der Waals surface area contributed by atoms with Gasteiger partial charge in [0.05, 0.1) is 6.10 Å². The Morgan fingerprint density at radius 1 is 1.39 bits per heavy atom. The quantitative estimate of drug-likeness (QED) is 0.728. The molecule has 3 unspecified atom stereocenters. The maximum absolute atomic E-state index is 11.9. The van der Waals surface area contributed by atoms with E-state index in [0.717, 1.165) is 25.7 Å². The van der Waals surface area contributed by atoms with E-state index in [-0.39, 0.29) is 12.0 Å². The van der Waals surface area contributed by atoms with Crippen molar-refractivity contribution in [1.82, 2.24) is 5.32 Å². The first kappa shape index (κ1) is 15.0. The summed E-state index contributed by atoms with van der Waals surface area (Å²) in [6.45, 7) is 4.01. The van der Waals surface area contributed by atoms with Crippen LogP contribution in [0.1, 0.15) is 52.4 Å². The first-order valence-corrected chi connectivity index (χ1v) is 6.77. The number of aliphatic carboxylic acids is 1. The van der Waals surface area contributed by atoms with Crippen molar-refractivity contribution in [1.29, 1.82) is 0 Å². The standard InChI is InChI=1S/C13H23NO4/c1-3-5-6-10(13(16)17)14-12(15)11-8-7-9(4-2)18-11/h9-11H,3-8H2,1-2H3,(H,14,15)(H,16,17). The van der Waals surface area contributed by atoms with Gasteiger partial charge in [-0.25, -0.2) is 4.79 Å². The Morgan fingerprint density at radius 2 is 2.11 bits per heavy atom. The summed E-state index contributed by atoms with van der Waals surface area (Å²) in [6.07, 6.45) is 4.30. The topological polar surface area (TPSA) is 75.6 Å². The second-order valence-corrected chi connectivity index (χ2v) is 4.77. The minimum atomic E-state index is -0.971. The van der Waals surface area contributed by atoms with Gasteiger partial charge in [0.1, 0.15) is 12.1 Å². The molecule has 0 spiro atoms. The summed E-state index contributed by atoms with van der Waals surface area (Å²) in [5, 5.41) is 11.6. The van der Waals surface area contributed by atoms with Crippen LogP contribution in [0.2, 0.25) is 0 Å². The van der Waals surface area contributed by atoms with Gasteiger partial charge in [0.15, 0.2) is 0 Å². The number of hydrogen-bond acceptors (Lipinski definition) is 3. The van der Waals surface area contributed by atoms with Gasteiger partial charge >= 0.3 is 5.97 Å². The van der Waals surface area contributed by atoms with Crippen LogP contribution in [0.4, 0.5) is 0 Å². The predicted octanol–water partition coefficient (Wildman–Crippen LogP) is 1.70. The van der Waals surface area contributed by atoms with E-state index in [9.17, 15) is 9.59 Å². The van der Waals surface area contributed by atoms with Crippen LogP contribution >= 0.6 is 0 Å². The lowest BCUT2D eigenvalue weighted by atomic mass is 10.1. The van der Waals surface area contributed by atoms with Crippen LogP contribution in [-0.2, 0) is 14.3 Å². The summed E-state index contributed by atoms with van der Waals surface area (Å²) in [5.41, 5.74) is 0. The molecule has 104 valence electrons. The molecule has 0 aromatic rings. The van der Waals surface area contributed by atoms with Crippen LogP contribution in [0.15, 0.2) is 0 Å². The van der Waals surface area contributed by atoms with Crippen molar-refractivity contribution in [3.8, 4) is 0 Å². The van der Waals surface area contributed by atoms with Crippen LogP contribution in [0.3, 0.4) is 0 Å². The number of rotatable bonds is 7. The third-order valence-corrected chi connectivity index (χ3v) is 3.32. The van der Waals surface area contributed by atoms with Gasteiger partial charge < -0.3 is 15.2 Å². The smallest absolute Gasteiger partial charge is 0.326 e. The average Bonchev–Trinajstić information content (AvgIpc) is 2.82. The van der Waals surface area contributed by atoms with Gasteiger partial charge in [-0.15, -0.1) is 0 Å². The molecule has 1 amide bonds. The minimum Gasteiger partial charge on any atom is -0.480 e. The van der Waals surface area contributed by atoms with Crippen molar-refractivity contribution in [3.05, 3.63) is 0 Å². The molecule has 0 aliphatic carbocycles. The van der Waals surface area contributed by atoms with Gasteiger partial charge in [-0.3, -0.25) is 4.79 Å². The van der Waals surface area contributed by atoms with Crippen LogP contribution in [-0.4, -0.2) is 35.2 Å². The Labute approximate surface area is 108 Å². The lowest BCUT2D eigenvalue weighted by Crippen LogP contribution is -2.45. The number of carbonyl (C=O) groups excluding carboxylic acids is 1. The van der Waals surface area contributed by atoms with Gasteiger partial charge in [0, 0.05) is 0 Å². The molecule has 0 aromatic carbocycles. The number of carbonyl (C=O) groups is 2. The van der Waals surface area contributed by atoms with Gasteiger partial charge in [-0.1, -0.05) is 26.7 Å². The molecule has 0 radical (unpaired) electrons. The number of nitrogens with one attached hydrogen (secondary N) is 1. The summed E-state index contributed by atoms with van der Waals surface area (Å²) in [6, 6.07) is -0.790. The fraction of sp³-hybridized carbons (Fsp3) is 0.846. The SMILES string of the molecule is CCCCC(NC(=O)C1CCC(CC)O1)C(=O)O. The summed E-state index contributed by atoms with van der Waals surface area (Å²) in [5.74, 6) is -1.25. The Balaban J connectivity index is 2.43. The van der Waals surface area contributed by atoms with Crippen LogP contribution in [0.25, 0.3) is 0 Å². The van der Waals surface area contributed by atoms with Gasteiger partial charge in [-0.2, -0.15) is 0 Å². The number of hydrogen-bond donors (Lipinski definition) is 2. The lowest BCUT2D eigenvalue weighted by molar-refractivity contribution is -0.144. The van der Waals surface area contributed by atoms with E-state index in [1.165, 1.54) is 0 Å². The molecule has 1 aliphatic heterocycles. The maximum atomic E-state index is 11.9. The van der Waals surface area contributed by atoms with E-state index in [1.807, 2.05) is 13.8 Å². The van der Waals surface area contributed by atoms with Crippen molar-refractivity contribution in [3.63, 3.8) is 0 Å². The molecule has 5 heteroatoms. The summed E-state index contributed by atoms with van der Waals surface area (Å²) >= 11 is 0. The zero-order valence-corrected chi connectivity index (χ0v) is 11.1. The maximum Gasteiger partial charge on any atom is 0.326 e. The second kappa shape index (κ2) is 7.36. The molecule has 1 fully saturated rings. The van der Waals surface area contributed by atoms with Gasteiger partial charge in [0.2, 0.25) is 5.91 Å². The molecule has 1 rings (SSSR count). The van der Waals surface area contributed by atoms with Gasteiger partial charge in [-0.05, 0) is 25.7 Å². The van der Waals surface area contributed by atoms with E-state index in [2.05, 4.69) is 5.32 Å². The van der Waals surface area contributed by atoms with Crippen LogP contribution < -0.4 is 5.32 Å². The summed E-state index contributed by atoms with van der Waals surface area (Å²) < 4.78 is 5.55. The Kier molecular flexibility index (Phi) is 6.12. The van der Waals surface area contributed by atoms with E-state index in [4.69, 9.17) is 9.84 Å². The lowest BCUT2D eigenvalue weighted by Gasteiger charge is -2.17. The molecule has 3 atom stereocenters. The predicted molar refractivity (Wildman–Crippen MR) is 67.3 cm³/mol. The normalized spacial score (nSPS) is 24.8. The number of carboxylic acids is 1. The van der Waals surface area contributed by atoms with E-state index >= 15 is 0 Å². The fourth-order valence-corrected chi connectivity index (χ4v) is 2.13. The molecule has 0 bridgehead atoms. The van der Waals surface area contributed by atoms with Crippen molar-refractivity contribution in [2.75, 3.05) is 0 Å². The molecule has 1 aliphatic rings. The zero-order valence-electron chi connectivity index (χ0n) is 11.1. The van der Waals surface area contributed by atoms with Crippen LogP contribution in [0, 0.1) is 0 Å². The number of unbranched alkanes of at least 4 members (excludes halogenated alkanes) is 1. The summed E-state index contributed by atoms with van der Waals surface area (Å²) in [4.78, 5) is 22.9. The first-order chi connectivity index (χ1) is 8.58. The van der Waals surface area contributed by atoms with E-state index in [1.54, 1.807) is 0 Å². The number of carboxylic acid groups (broad SMARTS) is 1. The van der Waals surface area contributed by atoms with Crippen molar-refractivity contribution in [2.24, 2.45) is 0 Å². The van der Waals surface area contributed by atoms with Crippen molar-refractivity contribution >= 4 is 11.9 Å². The highest BCUT2D eigenvalue weighted by Gasteiger charge is 2.31. The highest BCUT2D eigenvalue weighted by atomic mass is 16.5. The molecule has 0 aromatic heterocycles. The molecule has 0 saturated carbocycles. The zero-order chi connectivity index (χ0) is 13.5. The third-order valence-electron chi connectivity index (χ3n) is 3.32. The molecule has 18 heavy (non-hydrogen) atoms. The second-order valence-electron chi connectivity index (χ2n) is 4.77. The molecular formula is C13H23NO4. The van der Waals surface area contributed by atoms with Crippen molar-refractivity contribution in [2.45, 2.75) is 70.6 Å². The van der Waals surface area contributed by atoms with E-state index < -0.39 is 18.1 Å². The van der Waals surface area contributed by atoms with Crippen LogP contribution in [0.5, 0.6) is 0 Å². The first-order valence-electron chi connectivity index (χ1n) is 6.77. The number of ether oxygens (including phenoxy) is 1. The Bertz CT molecular complexity index is 293. The van der Waals surface area contributed by atoms with E-state index in [0.29, 0.717) is 12.8 Å². The highest BCUT2D eigenvalue weighted by molar-refractivity contribution is 5.86. The molecular weight excluding hydrogens is 234 g/mol. The Morgan fingerprint density at radius 3 is 2.61 bits per heavy atom. The molecule has 1 heterocycles. The summed E-state index contributed by atoms with van der Waals surface area (Å²) in [7, 11) is 0. The molecule has 1 saturated heterocycles. The highest BCUT2D eigenvalue weighted by Crippen LogP contribution is 2.22. The molecule has 2 N–H and O–H groups in total. The van der Waals surface area contributed by atoms with Crippen molar-refractivity contribution < 1.29 is 19.4 Å². The number of amides is 1. The largest absolute Gasteiger partial charge is 0.480 e. The molecule has 5 nitrogen and oxygen atoms in total. The monoisotopic (exact) mass is 257 g/mol. The fourth-order valence-electron chi connectivity index (χ4n) is 2.13. The van der Waals surface area contributed by atoms with Gasteiger partial charge in [0.25, 0.3) is 0 Å².